The minimum atomic E-state index is -0.528. The number of ketones is 1. The van der Waals surface area contributed by atoms with Gasteiger partial charge in [0.25, 0.3) is 0 Å². The van der Waals surface area contributed by atoms with Crippen molar-refractivity contribution in [1.82, 2.24) is 0 Å². The molecule has 0 bridgehead atoms. The van der Waals surface area contributed by atoms with Crippen LogP contribution in [-0.4, -0.2) is 29.4 Å². The van der Waals surface area contributed by atoms with E-state index < -0.39 is 5.75 Å². The summed E-state index contributed by atoms with van der Waals surface area (Å²) in [4.78, 5) is 23.2. The lowest BCUT2D eigenvalue weighted by atomic mass is 9.92. The average Bonchev–Trinajstić information content (AvgIpc) is 2.41. The molecule has 0 amide bonds. The molecule has 1 atom stereocenters. The topological polar surface area (TPSA) is 83.8 Å². The summed E-state index contributed by atoms with van der Waals surface area (Å²) in [5.74, 6) is -1.43. The van der Waals surface area contributed by atoms with E-state index >= 15 is 0 Å². The Hall–Kier alpha value is -2.04. The third kappa shape index (κ3) is 2.41. The first-order chi connectivity index (χ1) is 8.90. The fourth-order valence-electron chi connectivity index (χ4n) is 1.88. The van der Waals surface area contributed by atoms with Gasteiger partial charge in [0.15, 0.2) is 12.1 Å². The molecule has 1 aromatic rings. The number of phenols is 2. The summed E-state index contributed by atoms with van der Waals surface area (Å²) in [6.45, 7) is 5.10. The van der Waals surface area contributed by atoms with E-state index in [4.69, 9.17) is 4.74 Å². The molecule has 19 heavy (non-hydrogen) atoms. The maximum atomic E-state index is 12.3. The molecule has 0 spiro atoms. The maximum absolute atomic E-state index is 12.3. The van der Waals surface area contributed by atoms with Crippen LogP contribution in [0, 0.1) is 12.8 Å². The van der Waals surface area contributed by atoms with Crippen LogP contribution in [0.25, 0.3) is 0 Å². The molecule has 0 aliphatic rings. The van der Waals surface area contributed by atoms with Gasteiger partial charge >= 0.3 is 0 Å². The third-order valence-corrected chi connectivity index (χ3v) is 3.30. The molecule has 0 unspecified atom stereocenters. The predicted octanol–water partition coefficient (Wildman–Crippen LogP) is 2.46. The highest BCUT2D eigenvalue weighted by Crippen LogP contribution is 2.42. The van der Waals surface area contributed by atoms with E-state index in [0.717, 1.165) is 0 Å². The molecule has 5 nitrogen and oxygen atoms in total. The lowest BCUT2D eigenvalue weighted by Crippen LogP contribution is -2.13. The monoisotopic (exact) mass is 266 g/mol. The van der Waals surface area contributed by atoms with Crippen molar-refractivity contribution in [2.45, 2.75) is 27.2 Å². The van der Waals surface area contributed by atoms with E-state index in [1.54, 1.807) is 6.92 Å². The second kappa shape index (κ2) is 5.73. The Kier molecular flexibility index (Phi) is 4.53. The van der Waals surface area contributed by atoms with Crippen molar-refractivity contribution in [2.75, 3.05) is 7.11 Å². The first kappa shape index (κ1) is 15.0. The first-order valence-electron chi connectivity index (χ1n) is 6.02. The van der Waals surface area contributed by atoms with Gasteiger partial charge in [0, 0.05) is 11.5 Å². The van der Waals surface area contributed by atoms with Gasteiger partial charge in [-0.05, 0) is 13.3 Å². The van der Waals surface area contributed by atoms with Crippen molar-refractivity contribution >= 4 is 12.1 Å². The van der Waals surface area contributed by atoms with Crippen LogP contribution in [0.1, 0.15) is 46.5 Å². The van der Waals surface area contributed by atoms with Crippen LogP contribution in [0.4, 0.5) is 0 Å². The lowest BCUT2D eigenvalue weighted by molar-refractivity contribution is 0.0921. The Labute approximate surface area is 111 Å². The highest BCUT2D eigenvalue weighted by Gasteiger charge is 2.28. The van der Waals surface area contributed by atoms with E-state index in [9.17, 15) is 19.8 Å². The molecule has 0 heterocycles. The Morgan fingerprint density at radius 2 is 1.95 bits per heavy atom. The molecule has 1 aromatic carbocycles. The highest BCUT2D eigenvalue weighted by atomic mass is 16.5. The summed E-state index contributed by atoms with van der Waals surface area (Å²) in [5.41, 5.74) is -0.0757. The number of aromatic hydroxyl groups is 2. The molecule has 2 N–H and O–H groups in total. The molecule has 0 aliphatic heterocycles. The molecule has 5 heteroatoms. The van der Waals surface area contributed by atoms with Gasteiger partial charge in [0.05, 0.1) is 12.7 Å². The van der Waals surface area contributed by atoms with Crippen LogP contribution in [0.5, 0.6) is 17.2 Å². The van der Waals surface area contributed by atoms with Crippen molar-refractivity contribution in [3.05, 3.63) is 16.7 Å². The zero-order valence-corrected chi connectivity index (χ0v) is 11.5. The van der Waals surface area contributed by atoms with E-state index in [0.29, 0.717) is 12.7 Å². The number of rotatable bonds is 5. The van der Waals surface area contributed by atoms with E-state index in [1.807, 2.05) is 6.92 Å². The van der Waals surface area contributed by atoms with Crippen LogP contribution in [0.3, 0.4) is 0 Å². The molecule has 0 fully saturated rings. The van der Waals surface area contributed by atoms with Crippen molar-refractivity contribution in [1.29, 1.82) is 0 Å². The number of carbonyl (C=O) groups is 2. The number of benzene rings is 1. The summed E-state index contributed by atoms with van der Waals surface area (Å²) in [7, 11) is 1.34. The summed E-state index contributed by atoms with van der Waals surface area (Å²) >= 11 is 0. The number of Topliss-reactive ketones (excluding diaryl/α,β-unsaturated/α-hetero) is 1. The maximum Gasteiger partial charge on any atom is 0.173 e. The average molecular weight is 266 g/mol. The predicted molar refractivity (Wildman–Crippen MR) is 70.2 cm³/mol. The Morgan fingerprint density at radius 1 is 1.37 bits per heavy atom. The van der Waals surface area contributed by atoms with Gasteiger partial charge in [0.2, 0.25) is 0 Å². The Bertz CT molecular complexity index is 519. The summed E-state index contributed by atoms with van der Waals surface area (Å²) < 4.78 is 5.10. The van der Waals surface area contributed by atoms with Crippen LogP contribution in [0.2, 0.25) is 0 Å². The minimum Gasteiger partial charge on any atom is -0.507 e. The van der Waals surface area contributed by atoms with Gasteiger partial charge < -0.3 is 14.9 Å². The van der Waals surface area contributed by atoms with Crippen LogP contribution in [-0.2, 0) is 0 Å². The number of aldehydes is 1. The highest BCUT2D eigenvalue weighted by molar-refractivity contribution is 6.06. The van der Waals surface area contributed by atoms with Gasteiger partial charge in [-0.3, -0.25) is 9.59 Å². The van der Waals surface area contributed by atoms with Crippen molar-refractivity contribution in [3.63, 3.8) is 0 Å². The SMILES string of the molecule is CC[C@@H](C)C(=O)c1c(O)c(C=O)c(O)c(C)c1OC. The number of methoxy groups -OCH3 is 1. The number of hydrogen-bond acceptors (Lipinski definition) is 5. The molecular weight excluding hydrogens is 248 g/mol. The summed E-state index contributed by atoms with van der Waals surface area (Å²) in [5, 5.41) is 19.8. The summed E-state index contributed by atoms with van der Waals surface area (Å²) in [6, 6.07) is 0. The molecule has 0 aliphatic carbocycles. The standard InChI is InChI=1S/C14H18O5/c1-5-7(2)11(16)10-13(18)9(6-15)12(17)8(3)14(10)19-4/h6-7,17-18H,5H2,1-4H3/t7-/m1/s1. The van der Waals surface area contributed by atoms with E-state index in [2.05, 4.69) is 0 Å². The van der Waals surface area contributed by atoms with Crippen LogP contribution >= 0.6 is 0 Å². The third-order valence-electron chi connectivity index (χ3n) is 3.30. The first-order valence-corrected chi connectivity index (χ1v) is 6.02. The van der Waals surface area contributed by atoms with Crippen molar-refractivity contribution in [2.24, 2.45) is 5.92 Å². The van der Waals surface area contributed by atoms with Gasteiger partial charge in [-0.15, -0.1) is 0 Å². The fraction of sp³-hybridized carbons (Fsp3) is 0.429. The second-order valence-electron chi connectivity index (χ2n) is 4.44. The largest absolute Gasteiger partial charge is 0.507 e. The van der Waals surface area contributed by atoms with Crippen molar-refractivity contribution < 1.29 is 24.5 Å². The minimum absolute atomic E-state index is 0.0470. The summed E-state index contributed by atoms with van der Waals surface area (Å²) in [6.07, 6.45) is 0.919. The molecule has 0 aromatic heterocycles. The van der Waals surface area contributed by atoms with E-state index in [1.165, 1.54) is 14.0 Å². The van der Waals surface area contributed by atoms with Crippen LogP contribution < -0.4 is 4.74 Å². The van der Waals surface area contributed by atoms with Gasteiger partial charge in [-0.1, -0.05) is 13.8 Å². The van der Waals surface area contributed by atoms with Gasteiger partial charge in [-0.2, -0.15) is 0 Å². The number of carbonyl (C=O) groups excluding carboxylic acids is 2. The molecular formula is C14H18O5. The lowest BCUT2D eigenvalue weighted by Gasteiger charge is -2.17. The zero-order valence-electron chi connectivity index (χ0n) is 11.5. The number of ether oxygens (including phenoxy) is 1. The second-order valence-corrected chi connectivity index (χ2v) is 4.44. The molecule has 104 valence electrons. The smallest absolute Gasteiger partial charge is 0.173 e. The fourth-order valence-corrected chi connectivity index (χ4v) is 1.88. The quantitative estimate of drug-likeness (QED) is 0.631. The van der Waals surface area contributed by atoms with E-state index in [-0.39, 0.29) is 39.9 Å². The zero-order chi connectivity index (χ0) is 14.7. The molecule has 0 radical (unpaired) electrons. The number of hydrogen-bond donors (Lipinski definition) is 2. The van der Waals surface area contributed by atoms with Crippen LogP contribution in [0.15, 0.2) is 0 Å². The Balaban J connectivity index is 3.66. The van der Waals surface area contributed by atoms with Gasteiger partial charge in [0.1, 0.15) is 22.8 Å². The Morgan fingerprint density at radius 3 is 2.37 bits per heavy atom. The normalized spacial score (nSPS) is 12.0. The van der Waals surface area contributed by atoms with Gasteiger partial charge in [-0.25, -0.2) is 0 Å². The molecule has 0 saturated carbocycles. The molecule has 0 saturated heterocycles. The molecule has 1 rings (SSSR count). The van der Waals surface area contributed by atoms with Crippen molar-refractivity contribution in [3.8, 4) is 17.2 Å². The number of phenolic OH excluding ortho intramolecular Hbond substituents is 2.